The zero-order valence-corrected chi connectivity index (χ0v) is 13.0. The number of benzene rings is 1. The summed E-state index contributed by atoms with van der Waals surface area (Å²) in [4.78, 5) is 13.9. The Morgan fingerprint density at radius 2 is 2.05 bits per heavy atom. The molecule has 0 bridgehead atoms. The van der Waals surface area contributed by atoms with Crippen LogP contribution in [0.5, 0.6) is 0 Å². The van der Waals surface area contributed by atoms with Crippen molar-refractivity contribution < 1.29 is 14.3 Å². The van der Waals surface area contributed by atoms with Gasteiger partial charge in [-0.05, 0) is 30.7 Å². The highest BCUT2D eigenvalue weighted by Crippen LogP contribution is 2.23. The monoisotopic (exact) mass is 327 g/mol. The number of furan rings is 1. The van der Waals surface area contributed by atoms with Gasteiger partial charge < -0.3 is 14.4 Å². The molecule has 2 rings (SSSR count). The molecule has 2 aromatic rings. The molecule has 21 heavy (non-hydrogen) atoms. The average molecular weight is 328 g/mol. The number of hydrogen-bond acceptors (Lipinski definition) is 3. The van der Waals surface area contributed by atoms with Crippen molar-refractivity contribution in [2.75, 3.05) is 13.2 Å². The topological polar surface area (TPSA) is 53.7 Å². The third-order valence-corrected chi connectivity index (χ3v) is 3.81. The van der Waals surface area contributed by atoms with Gasteiger partial charge >= 0.3 is 0 Å². The van der Waals surface area contributed by atoms with E-state index in [9.17, 15) is 4.79 Å². The Hall–Kier alpha value is -1.49. The number of halogens is 2. The van der Waals surface area contributed by atoms with Crippen LogP contribution in [0, 0.1) is 6.92 Å². The second kappa shape index (κ2) is 6.98. The first kappa shape index (κ1) is 15.9. The number of carbonyl (C=O) groups is 1. The Bertz CT molecular complexity index is 640. The Labute approximate surface area is 132 Å². The second-order valence-electron chi connectivity index (χ2n) is 4.63. The first-order valence-electron chi connectivity index (χ1n) is 6.41. The van der Waals surface area contributed by atoms with Crippen molar-refractivity contribution in [3.8, 4) is 0 Å². The third-order valence-electron chi connectivity index (χ3n) is 3.07. The summed E-state index contributed by atoms with van der Waals surface area (Å²) in [6.07, 6.45) is 1.47. The molecule has 0 aliphatic heterocycles. The molecular formula is C15H15Cl2NO3. The van der Waals surface area contributed by atoms with Gasteiger partial charge in [0.25, 0.3) is 5.91 Å². The van der Waals surface area contributed by atoms with Crippen molar-refractivity contribution in [2.45, 2.75) is 13.5 Å². The summed E-state index contributed by atoms with van der Waals surface area (Å²) in [6.45, 7) is 2.19. The fraction of sp³-hybridized carbons (Fsp3) is 0.267. The van der Waals surface area contributed by atoms with E-state index in [0.717, 1.165) is 11.1 Å². The predicted molar refractivity (Wildman–Crippen MR) is 81.7 cm³/mol. The maximum absolute atomic E-state index is 12.4. The summed E-state index contributed by atoms with van der Waals surface area (Å²) in [6, 6.07) is 6.90. The lowest BCUT2D eigenvalue weighted by Crippen LogP contribution is -2.33. The molecular weight excluding hydrogens is 313 g/mol. The number of amides is 1. The van der Waals surface area contributed by atoms with Gasteiger partial charge in [-0.2, -0.15) is 0 Å². The zero-order chi connectivity index (χ0) is 15.4. The molecule has 0 aliphatic rings. The van der Waals surface area contributed by atoms with Gasteiger partial charge in [-0.25, -0.2) is 0 Å². The molecule has 1 amide bonds. The molecule has 6 heteroatoms. The quantitative estimate of drug-likeness (QED) is 0.913. The lowest BCUT2D eigenvalue weighted by Gasteiger charge is -2.21. The molecule has 0 atom stereocenters. The fourth-order valence-electron chi connectivity index (χ4n) is 1.97. The van der Waals surface area contributed by atoms with E-state index in [1.54, 1.807) is 31.2 Å². The first-order chi connectivity index (χ1) is 10.0. The van der Waals surface area contributed by atoms with Gasteiger partial charge in [-0.3, -0.25) is 4.79 Å². The molecule has 0 fully saturated rings. The third kappa shape index (κ3) is 3.79. The molecule has 4 nitrogen and oxygen atoms in total. The summed E-state index contributed by atoms with van der Waals surface area (Å²) in [7, 11) is 0. The van der Waals surface area contributed by atoms with Crippen LogP contribution in [0.4, 0.5) is 0 Å². The van der Waals surface area contributed by atoms with Crippen LogP contribution < -0.4 is 0 Å². The number of aryl methyl sites for hydroxylation is 1. The minimum atomic E-state index is -0.266. The zero-order valence-electron chi connectivity index (χ0n) is 11.5. The van der Waals surface area contributed by atoms with E-state index in [1.807, 2.05) is 0 Å². The predicted octanol–water partition coefficient (Wildman–Crippen LogP) is 3.53. The minimum Gasteiger partial charge on any atom is -0.459 e. The highest BCUT2D eigenvalue weighted by Gasteiger charge is 2.20. The molecule has 0 saturated carbocycles. The number of nitrogens with zero attached hydrogens (tertiary/aromatic N) is 1. The SMILES string of the molecule is Cc1ccoc1C(=O)N(CCO)Cc1ccc(Cl)c(Cl)c1. The summed E-state index contributed by atoms with van der Waals surface area (Å²) in [5.41, 5.74) is 1.59. The van der Waals surface area contributed by atoms with Gasteiger partial charge in [0.05, 0.1) is 22.9 Å². The lowest BCUT2D eigenvalue weighted by atomic mass is 10.2. The number of rotatable bonds is 5. The van der Waals surface area contributed by atoms with E-state index in [0.29, 0.717) is 16.6 Å². The fourth-order valence-corrected chi connectivity index (χ4v) is 2.29. The van der Waals surface area contributed by atoms with Gasteiger partial charge in [-0.1, -0.05) is 29.3 Å². The smallest absolute Gasteiger partial charge is 0.290 e. The summed E-state index contributed by atoms with van der Waals surface area (Å²) in [5.74, 6) is 0.0149. The first-order valence-corrected chi connectivity index (χ1v) is 7.16. The Balaban J connectivity index is 2.21. The van der Waals surface area contributed by atoms with Crippen LogP contribution in [0.2, 0.25) is 10.0 Å². The Morgan fingerprint density at radius 3 is 2.62 bits per heavy atom. The van der Waals surface area contributed by atoms with Crippen LogP contribution in [0.25, 0.3) is 0 Å². The van der Waals surface area contributed by atoms with Crippen LogP contribution >= 0.6 is 23.2 Å². The van der Waals surface area contributed by atoms with Crippen LogP contribution in [-0.2, 0) is 6.54 Å². The number of aliphatic hydroxyl groups excluding tert-OH is 1. The van der Waals surface area contributed by atoms with Crippen molar-refractivity contribution in [3.63, 3.8) is 0 Å². The van der Waals surface area contributed by atoms with Crippen molar-refractivity contribution in [1.29, 1.82) is 0 Å². The van der Waals surface area contributed by atoms with Crippen molar-refractivity contribution in [3.05, 3.63) is 57.5 Å². The lowest BCUT2D eigenvalue weighted by molar-refractivity contribution is 0.0675. The number of aliphatic hydroxyl groups is 1. The molecule has 0 aliphatic carbocycles. The van der Waals surface area contributed by atoms with Gasteiger partial charge in [0.2, 0.25) is 0 Å². The summed E-state index contributed by atoms with van der Waals surface area (Å²) in [5, 5.41) is 10.0. The Kier molecular flexibility index (Phi) is 5.28. The van der Waals surface area contributed by atoms with E-state index in [2.05, 4.69) is 0 Å². The van der Waals surface area contributed by atoms with E-state index in [1.165, 1.54) is 11.2 Å². The van der Waals surface area contributed by atoms with Gasteiger partial charge in [0.1, 0.15) is 0 Å². The van der Waals surface area contributed by atoms with Gasteiger partial charge in [0, 0.05) is 18.7 Å². The highest BCUT2D eigenvalue weighted by molar-refractivity contribution is 6.42. The van der Waals surface area contributed by atoms with Crippen LogP contribution in [0.3, 0.4) is 0 Å². The molecule has 1 aromatic heterocycles. The largest absolute Gasteiger partial charge is 0.459 e. The highest BCUT2D eigenvalue weighted by atomic mass is 35.5. The number of hydrogen-bond donors (Lipinski definition) is 1. The molecule has 112 valence electrons. The summed E-state index contributed by atoms with van der Waals surface area (Å²) >= 11 is 11.9. The van der Waals surface area contributed by atoms with E-state index in [-0.39, 0.29) is 24.8 Å². The van der Waals surface area contributed by atoms with Gasteiger partial charge in [-0.15, -0.1) is 0 Å². The molecule has 0 unspecified atom stereocenters. The average Bonchev–Trinajstić information content (AvgIpc) is 2.88. The van der Waals surface area contributed by atoms with E-state index < -0.39 is 0 Å². The molecule has 1 aromatic carbocycles. The summed E-state index contributed by atoms with van der Waals surface area (Å²) < 4.78 is 5.21. The maximum atomic E-state index is 12.4. The van der Waals surface area contributed by atoms with Crippen LogP contribution in [0.15, 0.2) is 34.9 Å². The molecule has 1 heterocycles. The van der Waals surface area contributed by atoms with Crippen LogP contribution in [-0.4, -0.2) is 29.1 Å². The van der Waals surface area contributed by atoms with Crippen molar-refractivity contribution >= 4 is 29.1 Å². The maximum Gasteiger partial charge on any atom is 0.290 e. The molecule has 0 saturated heterocycles. The molecule has 1 N–H and O–H groups in total. The van der Waals surface area contributed by atoms with Crippen LogP contribution in [0.1, 0.15) is 21.7 Å². The minimum absolute atomic E-state index is 0.132. The normalized spacial score (nSPS) is 10.7. The number of carbonyl (C=O) groups excluding carboxylic acids is 1. The molecule has 0 radical (unpaired) electrons. The van der Waals surface area contributed by atoms with Crippen molar-refractivity contribution in [2.24, 2.45) is 0 Å². The van der Waals surface area contributed by atoms with E-state index >= 15 is 0 Å². The molecule has 0 spiro atoms. The second-order valence-corrected chi connectivity index (χ2v) is 5.45. The van der Waals surface area contributed by atoms with Crippen molar-refractivity contribution in [1.82, 2.24) is 4.90 Å². The van der Waals surface area contributed by atoms with E-state index in [4.69, 9.17) is 32.7 Å². The van der Waals surface area contributed by atoms with Gasteiger partial charge in [0.15, 0.2) is 5.76 Å². The standard InChI is InChI=1S/C15H15Cl2NO3/c1-10-4-7-21-14(10)15(20)18(5-6-19)9-11-2-3-12(16)13(17)8-11/h2-4,7-8,19H,5-6,9H2,1H3. The Morgan fingerprint density at radius 1 is 1.29 bits per heavy atom.